The zero-order valence-corrected chi connectivity index (χ0v) is 14.1. The average molecular weight is 329 g/mol. The van der Waals surface area contributed by atoms with Gasteiger partial charge in [0.15, 0.2) is 0 Å². The highest BCUT2D eigenvalue weighted by Gasteiger charge is 2.21. The molecule has 0 bridgehead atoms. The van der Waals surface area contributed by atoms with E-state index in [0.29, 0.717) is 18.7 Å². The molecule has 6 heteroatoms. The van der Waals surface area contributed by atoms with Crippen LogP contribution in [-0.4, -0.2) is 34.3 Å². The van der Waals surface area contributed by atoms with Gasteiger partial charge in [0.1, 0.15) is 6.26 Å². The molecule has 2 amide bonds. The third kappa shape index (κ3) is 4.94. The molecule has 0 fully saturated rings. The normalized spacial score (nSPS) is 11.8. The molecular weight excluding hydrogens is 306 g/mol. The Balaban J connectivity index is 1.88. The van der Waals surface area contributed by atoms with Crippen molar-refractivity contribution in [3.05, 3.63) is 54.2 Å². The Kier molecular flexibility index (Phi) is 6.54. The van der Waals surface area contributed by atoms with Crippen LogP contribution in [0, 0.1) is 0 Å². The van der Waals surface area contributed by atoms with Gasteiger partial charge < -0.3 is 14.6 Å². The molecule has 2 rings (SSSR count). The number of nitrogens with zero attached hydrogens (tertiary/aromatic N) is 2. The molecule has 2 heterocycles. The van der Waals surface area contributed by atoms with E-state index in [1.54, 1.807) is 23.4 Å². The molecule has 0 radical (unpaired) electrons. The van der Waals surface area contributed by atoms with E-state index in [0.717, 1.165) is 12.0 Å². The predicted molar refractivity (Wildman–Crippen MR) is 90.2 cm³/mol. The van der Waals surface area contributed by atoms with Crippen LogP contribution in [0.25, 0.3) is 0 Å². The molecule has 0 saturated carbocycles. The largest absolute Gasteiger partial charge is 0.472 e. The van der Waals surface area contributed by atoms with Crippen LogP contribution >= 0.6 is 0 Å². The third-order valence-corrected chi connectivity index (χ3v) is 3.94. The summed E-state index contributed by atoms with van der Waals surface area (Å²) in [5.74, 6) is -0.203. The number of aromatic nitrogens is 1. The lowest BCUT2D eigenvalue weighted by atomic mass is 10.1. The first-order chi connectivity index (χ1) is 11.6. The molecule has 6 nitrogen and oxygen atoms in total. The standard InChI is InChI=1S/C18H23N3O3/c1-3-14(2)21(18(23)16-7-10-24-13-16)9-6-17(22)20-12-15-5-4-8-19-11-15/h4-5,7-8,10-11,13-14H,3,6,9,12H2,1-2H3,(H,20,22)/t14-/m1/s1. The van der Waals surface area contributed by atoms with Gasteiger partial charge in [-0.1, -0.05) is 13.0 Å². The van der Waals surface area contributed by atoms with Crippen LogP contribution in [0.15, 0.2) is 47.5 Å². The zero-order chi connectivity index (χ0) is 17.4. The molecule has 128 valence electrons. The van der Waals surface area contributed by atoms with Gasteiger partial charge in [0, 0.05) is 37.9 Å². The Morgan fingerprint density at radius 2 is 2.21 bits per heavy atom. The average Bonchev–Trinajstić information content (AvgIpc) is 3.15. The van der Waals surface area contributed by atoms with Crippen molar-refractivity contribution >= 4 is 11.8 Å². The lowest BCUT2D eigenvalue weighted by molar-refractivity contribution is -0.121. The highest BCUT2D eigenvalue weighted by molar-refractivity contribution is 5.94. The van der Waals surface area contributed by atoms with Gasteiger partial charge in [0.05, 0.1) is 11.8 Å². The molecule has 0 aromatic carbocycles. The fourth-order valence-corrected chi connectivity index (χ4v) is 2.31. The number of carbonyl (C=O) groups excluding carboxylic acids is 2. The van der Waals surface area contributed by atoms with Crippen molar-refractivity contribution in [2.45, 2.75) is 39.3 Å². The lowest BCUT2D eigenvalue weighted by Gasteiger charge is -2.28. The van der Waals surface area contributed by atoms with Gasteiger partial charge >= 0.3 is 0 Å². The van der Waals surface area contributed by atoms with Crippen molar-refractivity contribution in [3.63, 3.8) is 0 Å². The molecule has 0 aliphatic rings. The summed E-state index contributed by atoms with van der Waals surface area (Å²) >= 11 is 0. The van der Waals surface area contributed by atoms with E-state index < -0.39 is 0 Å². The first kappa shape index (κ1) is 17.7. The van der Waals surface area contributed by atoms with E-state index in [9.17, 15) is 9.59 Å². The molecule has 2 aromatic heterocycles. The summed E-state index contributed by atoms with van der Waals surface area (Å²) in [4.78, 5) is 30.3. The van der Waals surface area contributed by atoms with Crippen LogP contribution in [0.1, 0.15) is 42.6 Å². The topological polar surface area (TPSA) is 75.4 Å². The van der Waals surface area contributed by atoms with Crippen molar-refractivity contribution < 1.29 is 14.0 Å². The molecule has 1 N–H and O–H groups in total. The second kappa shape index (κ2) is 8.86. The van der Waals surface area contributed by atoms with Crippen LogP contribution in [0.4, 0.5) is 0 Å². The molecule has 0 aliphatic carbocycles. The monoisotopic (exact) mass is 329 g/mol. The van der Waals surface area contributed by atoms with Crippen LogP contribution in [0.3, 0.4) is 0 Å². The van der Waals surface area contributed by atoms with E-state index in [2.05, 4.69) is 10.3 Å². The molecular formula is C18H23N3O3. The summed E-state index contributed by atoms with van der Waals surface area (Å²) in [6, 6.07) is 5.43. The van der Waals surface area contributed by atoms with E-state index in [4.69, 9.17) is 4.42 Å². The number of hydrogen-bond acceptors (Lipinski definition) is 4. The Labute approximate surface area is 141 Å². The van der Waals surface area contributed by atoms with Gasteiger partial charge in [0.2, 0.25) is 5.91 Å². The summed E-state index contributed by atoms with van der Waals surface area (Å²) in [5, 5.41) is 2.85. The van der Waals surface area contributed by atoms with Crippen LogP contribution < -0.4 is 5.32 Å². The summed E-state index contributed by atoms with van der Waals surface area (Å²) < 4.78 is 4.98. The maximum atomic E-state index is 12.5. The molecule has 2 aromatic rings. The second-order valence-corrected chi connectivity index (χ2v) is 5.66. The highest BCUT2D eigenvalue weighted by Crippen LogP contribution is 2.12. The Bertz CT molecular complexity index is 641. The quantitative estimate of drug-likeness (QED) is 0.808. The van der Waals surface area contributed by atoms with Crippen molar-refractivity contribution in [1.29, 1.82) is 0 Å². The molecule has 0 unspecified atom stereocenters. The summed E-state index contributed by atoms with van der Waals surface area (Å²) in [5.41, 5.74) is 1.45. The van der Waals surface area contributed by atoms with E-state index in [1.807, 2.05) is 26.0 Å². The lowest BCUT2D eigenvalue weighted by Crippen LogP contribution is -2.40. The predicted octanol–water partition coefficient (Wildman–Crippen LogP) is 2.62. The van der Waals surface area contributed by atoms with Crippen LogP contribution in [0.5, 0.6) is 0 Å². The third-order valence-electron chi connectivity index (χ3n) is 3.94. The SMILES string of the molecule is CC[C@@H](C)N(CCC(=O)NCc1cccnc1)C(=O)c1ccoc1. The molecule has 0 aliphatic heterocycles. The van der Waals surface area contributed by atoms with Gasteiger partial charge in [0.25, 0.3) is 5.91 Å². The highest BCUT2D eigenvalue weighted by atomic mass is 16.3. The fourth-order valence-electron chi connectivity index (χ4n) is 2.31. The van der Waals surface area contributed by atoms with Crippen molar-refractivity contribution in [2.75, 3.05) is 6.54 Å². The molecule has 24 heavy (non-hydrogen) atoms. The fraction of sp³-hybridized carbons (Fsp3) is 0.389. The van der Waals surface area contributed by atoms with E-state index >= 15 is 0 Å². The number of rotatable bonds is 8. The van der Waals surface area contributed by atoms with Gasteiger partial charge in [-0.05, 0) is 31.0 Å². The molecule has 0 spiro atoms. The number of amides is 2. The minimum atomic E-state index is -0.113. The van der Waals surface area contributed by atoms with Crippen molar-refractivity contribution in [3.8, 4) is 0 Å². The second-order valence-electron chi connectivity index (χ2n) is 5.66. The van der Waals surface area contributed by atoms with E-state index in [-0.39, 0.29) is 24.3 Å². The van der Waals surface area contributed by atoms with E-state index in [1.165, 1.54) is 12.5 Å². The minimum absolute atomic E-state index is 0.0542. The number of pyridine rings is 1. The van der Waals surface area contributed by atoms with Crippen LogP contribution in [-0.2, 0) is 11.3 Å². The molecule has 1 atom stereocenters. The Morgan fingerprint density at radius 1 is 1.38 bits per heavy atom. The van der Waals surface area contributed by atoms with Gasteiger partial charge in [-0.2, -0.15) is 0 Å². The summed E-state index contributed by atoms with van der Waals surface area (Å²) in [6.07, 6.45) is 7.39. The number of furan rings is 1. The number of hydrogen-bond donors (Lipinski definition) is 1. The van der Waals surface area contributed by atoms with Crippen molar-refractivity contribution in [2.24, 2.45) is 0 Å². The van der Waals surface area contributed by atoms with Gasteiger partial charge in [-0.15, -0.1) is 0 Å². The Morgan fingerprint density at radius 3 is 2.83 bits per heavy atom. The maximum Gasteiger partial charge on any atom is 0.257 e. The van der Waals surface area contributed by atoms with Crippen LogP contribution in [0.2, 0.25) is 0 Å². The minimum Gasteiger partial charge on any atom is -0.472 e. The van der Waals surface area contributed by atoms with Gasteiger partial charge in [-0.25, -0.2) is 0 Å². The first-order valence-electron chi connectivity index (χ1n) is 8.10. The smallest absolute Gasteiger partial charge is 0.257 e. The first-order valence-corrected chi connectivity index (χ1v) is 8.10. The summed E-state index contributed by atoms with van der Waals surface area (Å²) in [6.45, 7) is 4.80. The molecule has 0 saturated heterocycles. The number of carbonyl (C=O) groups is 2. The number of nitrogens with one attached hydrogen (secondary N) is 1. The maximum absolute atomic E-state index is 12.5. The Hall–Kier alpha value is -2.63. The summed E-state index contributed by atoms with van der Waals surface area (Å²) in [7, 11) is 0. The van der Waals surface area contributed by atoms with Crippen molar-refractivity contribution in [1.82, 2.24) is 15.2 Å². The zero-order valence-electron chi connectivity index (χ0n) is 14.1. The van der Waals surface area contributed by atoms with Gasteiger partial charge in [-0.3, -0.25) is 14.6 Å².